The van der Waals surface area contributed by atoms with Gasteiger partial charge >= 0.3 is 0 Å². The Balaban J connectivity index is 1.35. The van der Waals surface area contributed by atoms with Gasteiger partial charge in [0.15, 0.2) is 0 Å². The monoisotopic (exact) mass is 601 g/mol. The highest BCUT2D eigenvalue weighted by Crippen LogP contribution is 2.40. The molecular weight excluding hydrogens is 557 g/mol. The number of piperidine rings is 2. The summed E-state index contributed by atoms with van der Waals surface area (Å²) in [6.07, 6.45) is 10.6. The second kappa shape index (κ2) is 14.0. The summed E-state index contributed by atoms with van der Waals surface area (Å²) in [6, 6.07) is 12.2. The Kier molecular flexibility index (Phi) is 10.4. The summed E-state index contributed by atoms with van der Waals surface area (Å²) in [5.74, 6) is 1.21. The maximum atomic E-state index is 14.0. The summed E-state index contributed by atoms with van der Waals surface area (Å²) in [4.78, 5) is 21.4. The van der Waals surface area contributed by atoms with Crippen molar-refractivity contribution >= 4 is 29.1 Å². The van der Waals surface area contributed by atoms with Crippen LogP contribution in [0.4, 0.5) is 0 Å². The van der Waals surface area contributed by atoms with E-state index in [0.717, 1.165) is 57.9 Å². The molecule has 0 aromatic heterocycles. The lowest BCUT2D eigenvalue weighted by atomic mass is 9.73. The number of methoxy groups -OCH3 is 2. The maximum absolute atomic E-state index is 14.0. The van der Waals surface area contributed by atoms with Crippen LogP contribution in [-0.2, 0) is 5.41 Å². The number of rotatable bonds is 8. The van der Waals surface area contributed by atoms with Crippen LogP contribution < -0.4 is 9.47 Å². The van der Waals surface area contributed by atoms with Crippen molar-refractivity contribution in [1.82, 2.24) is 14.7 Å². The van der Waals surface area contributed by atoms with E-state index in [1.807, 2.05) is 29.2 Å². The normalized spacial score (nSPS) is 23.3. The number of carbonyl (C=O) groups excluding carboxylic acids is 1. The van der Waals surface area contributed by atoms with Gasteiger partial charge in [-0.2, -0.15) is 0 Å². The molecule has 0 N–H and O–H groups in total. The van der Waals surface area contributed by atoms with E-state index >= 15 is 0 Å². The molecule has 0 saturated carbocycles. The summed E-state index contributed by atoms with van der Waals surface area (Å²) in [6.45, 7) is 7.21. The molecule has 2 aromatic rings. The molecule has 3 heterocycles. The van der Waals surface area contributed by atoms with Gasteiger partial charge < -0.3 is 24.2 Å². The molecule has 0 bridgehead atoms. The van der Waals surface area contributed by atoms with Crippen molar-refractivity contribution in [2.45, 2.75) is 69.2 Å². The molecule has 5 rings (SSSR count). The van der Waals surface area contributed by atoms with Gasteiger partial charge in [-0.05, 0) is 107 Å². The molecule has 2 aromatic carbocycles. The summed E-state index contributed by atoms with van der Waals surface area (Å²) in [5, 5.41) is 1.14. The van der Waals surface area contributed by atoms with E-state index in [2.05, 4.69) is 15.9 Å². The third kappa shape index (κ3) is 7.15. The number of halogens is 2. The van der Waals surface area contributed by atoms with Crippen LogP contribution in [0.25, 0.3) is 0 Å². The molecule has 3 aliphatic heterocycles. The van der Waals surface area contributed by atoms with Crippen molar-refractivity contribution in [3.8, 4) is 11.5 Å². The van der Waals surface area contributed by atoms with Crippen LogP contribution in [-0.4, -0.2) is 86.7 Å². The number of nitrogens with zero attached hydrogens (tertiary/aromatic N) is 3. The summed E-state index contributed by atoms with van der Waals surface area (Å²) < 4.78 is 11.0. The van der Waals surface area contributed by atoms with Crippen molar-refractivity contribution in [2.75, 3.05) is 60.0 Å². The number of likely N-dealkylation sites (tertiary alicyclic amines) is 3. The van der Waals surface area contributed by atoms with Gasteiger partial charge in [-0.25, -0.2) is 0 Å². The number of benzene rings is 2. The first-order valence-electron chi connectivity index (χ1n) is 15.4. The molecule has 0 unspecified atom stereocenters. The first kappa shape index (κ1) is 30.5. The van der Waals surface area contributed by atoms with Crippen LogP contribution in [0.2, 0.25) is 10.0 Å². The number of amides is 1. The van der Waals surface area contributed by atoms with Crippen molar-refractivity contribution in [1.29, 1.82) is 0 Å². The summed E-state index contributed by atoms with van der Waals surface area (Å²) >= 11 is 12.9. The minimum absolute atomic E-state index is 0.00168. The molecule has 8 heteroatoms. The van der Waals surface area contributed by atoms with E-state index in [1.165, 1.54) is 50.8 Å². The third-order valence-electron chi connectivity index (χ3n) is 9.66. The van der Waals surface area contributed by atoms with Crippen molar-refractivity contribution in [2.24, 2.45) is 0 Å². The highest BCUT2D eigenvalue weighted by Gasteiger charge is 2.39. The second-order valence-corrected chi connectivity index (χ2v) is 12.9. The molecule has 1 atom stereocenters. The van der Waals surface area contributed by atoms with Gasteiger partial charge in [0.2, 0.25) is 0 Å². The zero-order chi connectivity index (χ0) is 28.8. The van der Waals surface area contributed by atoms with Gasteiger partial charge in [0.05, 0.1) is 29.8 Å². The first-order valence-corrected chi connectivity index (χ1v) is 16.1. The molecule has 3 fully saturated rings. The van der Waals surface area contributed by atoms with E-state index in [9.17, 15) is 4.79 Å². The van der Waals surface area contributed by atoms with Crippen LogP contribution in [0.15, 0.2) is 36.4 Å². The second-order valence-electron chi connectivity index (χ2n) is 12.1. The van der Waals surface area contributed by atoms with Crippen LogP contribution in [0.5, 0.6) is 11.5 Å². The minimum Gasteiger partial charge on any atom is -0.497 e. The van der Waals surface area contributed by atoms with E-state index in [0.29, 0.717) is 33.7 Å². The lowest BCUT2D eigenvalue weighted by molar-refractivity contribution is 0.0693. The molecule has 3 saturated heterocycles. The Labute approximate surface area is 255 Å². The van der Waals surface area contributed by atoms with Gasteiger partial charge in [-0.1, -0.05) is 42.1 Å². The molecule has 3 aliphatic rings. The molecule has 224 valence electrons. The minimum atomic E-state index is -0.205. The zero-order valence-corrected chi connectivity index (χ0v) is 26.2. The van der Waals surface area contributed by atoms with E-state index in [1.54, 1.807) is 20.3 Å². The van der Waals surface area contributed by atoms with Crippen LogP contribution in [0.3, 0.4) is 0 Å². The van der Waals surface area contributed by atoms with Crippen molar-refractivity contribution in [3.63, 3.8) is 0 Å². The SMILES string of the molecule is COc1ccc(C(=O)N2CCCC[C@](CCN3CCC(N4CCCCC4)CC3)(c3ccc(Cl)c(Cl)c3)C2)c(OC)c1. The smallest absolute Gasteiger partial charge is 0.257 e. The predicted molar refractivity (Wildman–Crippen MR) is 167 cm³/mol. The largest absolute Gasteiger partial charge is 0.497 e. The lowest BCUT2D eigenvalue weighted by Crippen LogP contribution is -2.48. The average Bonchev–Trinajstić information content (AvgIpc) is 3.25. The van der Waals surface area contributed by atoms with Crippen LogP contribution >= 0.6 is 23.2 Å². The van der Waals surface area contributed by atoms with Gasteiger partial charge in [-0.3, -0.25) is 4.79 Å². The predicted octanol–water partition coefficient (Wildman–Crippen LogP) is 6.92. The third-order valence-corrected chi connectivity index (χ3v) is 10.4. The van der Waals surface area contributed by atoms with Crippen molar-refractivity contribution in [3.05, 3.63) is 57.6 Å². The first-order chi connectivity index (χ1) is 19.9. The van der Waals surface area contributed by atoms with E-state index in [4.69, 9.17) is 32.7 Å². The average molecular weight is 603 g/mol. The van der Waals surface area contributed by atoms with Gasteiger partial charge in [0.1, 0.15) is 11.5 Å². The van der Waals surface area contributed by atoms with Crippen molar-refractivity contribution < 1.29 is 14.3 Å². The van der Waals surface area contributed by atoms with Gasteiger partial charge in [0.25, 0.3) is 5.91 Å². The molecule has 6 nitrogen and oxygen atoms in total. The number of hydrogen-bond donors (Lipinski definition) is 0. The summed E-state index contributed by atoms with van der Waals surface area (Å²) in [7, 11) is 3.22. The Hall–Kier alpha value is -1.99. The van der Waals surface area contributed by atoms with Crippen LogP contribution in [0.1, 0.15) is 73.7 Å². The maximum Gasteiger partial charge on any atom is 0.257 e. The Morgan fingerprint density at radius 3 is 2.34 bits per heavy atom. The highest BCUT2D eigenvalue weighted by atomic mass is 35.5. The van der Waals surface area contributed by atoms with E-state index < -0.39 is 0 Å². The number of ether oxygens (including phenoxy) is 2. The summed E-state index contributed by atoms with van der Waals surface area (Å²) in [5.41, 5.74) is 1.54. The quantitative estimate of drug-likeness (QED) is 0.329. The standard InChI is InChI=1S/C33H45Cl2N3O3/c1-40-27-9-10-28(31(23-27)41-2)32(39)38-18-7-4-14-33(24-38,25-8-11-29(34)30(35)22-25)15-21-36-19-12-26(13-20-36)37-16-5-3-6-17-37/h8-11,22-23,26H,3-7,12-21,24H2,1-2H3/t33-/m1/s1. The van der Waals surface area contributed by atoms with Gasteiger partial charge in [-0.15, -0.1) is 0 Å². The van der Waals surface area contributed by atoms with Gasteiger partial charge in [0, 0.05) is 30.6 Å². The Bertz CT molecular complexity index is 1180. The Morgan fingerprint density at radius 2 is 1.63 bits per heavy atom. The lowest BCUT2D eigenvalue weighted by Gasteiger charge is -2.42. The molecule has 1 amide bonds. The topological polar surface area (TPSA) is 45.2 Å². The number of hydrogen-bond acceptors (Lipinski definition) is 5. The molecular formula is C33H45Cl2N3O3. The molecule has 0 radical (unpaired) electrons. The fraction of sp³-hybridized carbons (Fsp3) is 0.606. The van der Waals surface area contributed by atoms with E-state index in [-0.39, 0.29) is 11.3 Å². The zero-order valence-electron chi connectivity index (χ0n) is 24.7. The molecule has 0 aliphatic carbocycles. The Morgan fingerprint density at radius 1 is 0.878 bits per heavy atom. The molecule has 41 heavy (non-hydrogen) atoms. The fourth-order valence-electron chi connectivity index (χ4n) is 7.18. The fourth-order valence-corrected chi connectivity index (χ4v) is 7.48. The number of carbonyl (C=O) groups is 1. The van der Waals surface area contributed by atoms with Crippen LogP contribution in [0, 0.1) is 0 Å². The molecule has 0 spiro atoms. The highest BCUT2D eigenvalue weighted by molar-refractivity contribution is 6.42.